The molecule has 0 aromatic heterocycles. The number of hydrogen-bond donors (Lipinski definition) is 3. The van der Waals surface area contributed by atoms with E-state index in [-0.39, 0.29) is 41.9 Å². The van der Waals surface area contributed by atoms with Crippen molar-refractivity contribution in [1.82, 2.24) is 10.2 Å². The maximum absolute atomic E-state index is 11.5. The zero-order chi connectivity index (χ0) is 11.5. The van der Waals surface area contributed by atoms with Gasteiger partial charge >= 0.3 is 6.03 Å². The summed E-state index contributed by atoms with van der Waals surface area (Å²) in [6.45, 7) is 3.33. The molecule has 0 aliphatic heterocycles. The van der Waals surface area contributed by atoms with Crippen molar-refractivity contribution in [3.8, 4) is 0 Å². The normalized spacial score (nSPS) is 10.9. The van der Waals surface area contributed by atoms with E-state index in [9.17, 15) is 4.79 Å². The molecule has 0 bridgehead atoms. The molecule has 0 radical (unpaired) electrons. The summed E-state index contributed by atoms with van der Waals surface area (Å²) in [5.41, 5.74) is 0. The number of amides is 2. The predicted molar refractivity (Wildman–Crippen MR) is 63.0 cm³/mol. The lowest BCUT2D eigenvalue weighted by Crippen LogP contribution is -2.43. The van der Waals surface area contributed by atoms with Crippen molar-refractivity contribution < 1.29 is 15.0 Å². The average Bonchev–Trinajstić information content (AvgIpc) is 2.24. The molecule has 0 aliphatic rings. The molecule has 0 heterocycles. The fourth-order valence-electron chi connectivity index (χ4n) is 1.24. The van der Waals surface area contributed by atoms with Crippen LogP contribution < -0.4 is 5.32 Å². The van der Waals surface area contributed by atoms with Gasteiger partial charge in [-0.3, -0.25) is 0 Å². The van der Waals surface area contributed by atoms with Crippen molar-refractivity contribution in [3.63, 3.8) is 0 Å². The van der Waals surface area contributed by atoms with Crippen molar-refractivity contribution in [2.24, 2.45) is 0 Å². The molecule has 0 fully saturated rings. The molecule has 6 heteroatoms. The molecule has 3 N–H and O–H groups in total. The number of hydrogen-bond acceptors (Lipinski definition) is 3. The van der Waals surface area contributed by atoms with Gasteiger partial charge < -0.3 is 20.4 Å². The zero-order valence-corrected chi connectivity index (χ0v) is 10.8. The molecular formula is C9H22N2O3Si. The Kier molecular flexibility index (Phi) is 9.55. The van der Waals surface area contributed by atoms with Crippen molar-refractivity contribution in [2.45, 2.75) is 19.0 Å². The number of urea groups is 1. The van der Waals surface area contributed by atoms with Gasteiger partial charge in [-0.15, -0.1) is 0 Å². The minimum atomic E-state index is -0.198. The number of nitrogens with one attached hydrogen (secondary N) is 1. The number of nitrogens with zero attached hydrogens (tertiary/aromatic N) is 1. The standard InChI is InChI=1S/C9H22N2O3Si/c1-15-8-2-3-10-9(14)11(4-6-12)5-7-13/h12-13H,2-8,15H2,1H3,(H,10,14). The largest absolute Gasteiger partial charge is 0.395 e. The van der Waals surface area contributed by atoms with E-state index in [0.29, 0.717) is 6.54 Å². The molecule has 0 saturated heterocycles. The highest BCUT2D eigenvalue weighted by Crippen LogP contribution is 1.91. The molecule has 0 unspecified atom stereocenters. The van der Waals surface area contributed by atoms with Gasteiger partial charge in [-0.05, 0) is 6.42 Å². The maximum atomic E-state index is 11.5. The molecule has 0 aliphatic carbocycles. The van der Waals surface area contributed by atoms with Gasteiger partial charge in [-0.25, -0.2) is 4.79 Å². The maximum Gasteiger partial charge on any atom is 0.317 e. The first-order valence-corrected chi connectivity index (χ1v) is 7.92. The number of aliphatic hydroxyl groups is 2. The number of carbonyl (C=O) groups is 1. The number of carbonyl (C=O) groups excluding carboxylic acids is 1. The first-order valence-electron chi connectivity index (χ1n) is 5.50. The van der Waals surface area contributed by atoms with Crippen LogP contribution in [0.1, 0.15) is 6.42 Å². The minimum absolute atomic E-state index is 0.0741. The summed E-state index contributed by atoms with van der Waals surface area (Å²) in [4.78, 5) is 12.9. The Hall–Kier alpha value is -0.593. The minimum Gasteiger partial charge on any atom is -0.395 e. The number of aliphatic hydroxyl groups excluding tert-OH is 2. The van der Waals surface area contributed by atoms with Gasteiger partial charge in [0.05, 0.1) is 13.2 Å². The molecule has 5 nitrogen and oxygen atoms in total. The van der Waals surface area contributed by atoms with E-state index in [1.165, 1.54) is 10.9 Å². The zero-order valence-electron chi connectivity index (χ0n) is 9.41. The lowest BCUT2D eigenvalue weighted by Gasteiger charge is -2.20. The van der Waals surface area contributed by atoms with E-state index in [4.69, 9.17) is 10.2 Å². The van der Waals surface area contributed by atoms with Gasteiger partial charge in [0.2, 0.25) is 0 Å². The van der Waals surface area contributed by atoms with Gasteiger partial charge in [0.1, 0.15) is 0 Å². The van der Waals surface area contributed by atoms with E-state index >= 15 is 0 Å². The monoisotopic (exact) mass is 234 g/mol. The van der Waals surface area contributed by atoms with Crippen LogP contribution in [0.3, 0.4) is 0 Å². The van der Waals surface area contributed by atoms with E-state index in [1.54, 1.807) is 0 Å². The third kappa shape index (κ3) is 7.35. The second-order valence-electron chi connectivity index (χ2n) is 3.37. The summed E-state index contributed by atoms with van der Waals surface area (Å²) in [6, 6.07) is 1.04. The smallest absolute Gasteiger partial charge is 0.317 e. The summed E-state index contributed by atoms with van der Waals surface area (Å²) in [6.07, 6.45) is 1.03. The quantitative estimate of drug-likeness (QED) is 0.373. The molecule has 0 spiro atoms. The van der Waals surface area contributed by atoms with Crippen LogP contribution in [0.25, 0.3) is 0 Å². The molecule has 15 heavy (non-hydrogen) atoms. The van der Waals surface area contributed by atoms with Crippen LogP contribution in [0.15, 0.2) is 0 Å². The summed E-state index contributed by atoms with van der Waals surface area (Å²) >= 11 is 0. The fraction of sp³-hybridized carbons (Fsp3) is 0.889. The first kappa shape index (κ1) is 14.4. The van der Waals surface area contributed by atoms with Crippen molar-refractivity contribution >= 4 is 15.6 Å². The topological polar surface area (TPSA) is 72.8 Å². The summed E-state index contributed by atoms with van der Waals surface area (Å²) in [5.74, 6) is 0. The van der Waals surface area contributed by atoms with Crippen molar-refractivity contribution in [1.29, 1.82) is 0 Å². The van der Waals surface area contributed by atoms with Crippen molar-refractivity contribution in [2.75, 3.05) is 32.8 Å². The van der Waals surface area contributed by atoms with Crippen LogP contribution in [0.5, 0.6) is 0 Å². The second-order valence-corrected chi connectivity index (χ2v) is 5.08. The molecule has 2 amide bonds. The number of rotatable bonds is 8. The van der Waals surface area contributed by atoms with E-state index < -0.39 is 0 Å². The van der Waals surface area contributed by atoms with Gasteiger partial charge in [0.25, 0.3) is 0 Å². The van der Waals surface area contributed by atoms with Gasteiger partial charge in [-0.1, -0.05) is 12.6 Å². The summed E-state index contributed by atoms with van der Waals surface area (Å²) in [5, 5.41) is 20.2. The lowest BCUT2D eigenvalue weighted by molar-refractivity contribution is 0.158. The Morgan fingerprint density at radius 3 is 2.40 bits per heavy atom. The van der Waals surface area contributed by atoms with Crippen LogP contribution in [-0.4, -0.2) is 63.5 Å². The van der Waals surface area contributed by atoms with E-state index in [0.717, 1.165) is 6.42 Å². The SMILES string of the molecule is C[SiH2]CCCNC(=O)N(CCO)CCO. The van der Waals surface area contributed by atoms with E-state index in [1.807, 2.05) is 0 Å². The summed E-state index contributed by atoms with van der Waals surface area (Å²) < 4.78 is 0. The Morgan fingerprint density at radius 2 is 1.93 bits per heavy atom. The molecular weight excluding hydrogens is 212 g/mol. The summed E-state index contributed by atoms with van der Waals surface area (Å²) in [7, 11) is 0.0856. The highest BCUT2D eigenvalue weighted by molar-refractivity contribution is 6.33. The van der Waals surface area contributed by atoms with Gasteiger partial charge in [0, 0.05) is 29.2 Å². The Bertz CT molecular complexity index is 163. The first-order chi connectivity index (χ1) is 7.26. The van der Waals surface area contributed by atoms with Crippen molar-refractivity contribution in [3.05, 3.63) is 0 Å². The molecule has 0 atom stereocenters. The fourth-order valence-corrected chi connectivity index (χ4v) is 1.99. The van der Waals surface area contributed by atoms with Crippen LogP contribution in [-0.2, 0) is 0 Å². The third-order valence-electron chi connectivity index (χ3n) is 2.08. The van der Waals surface area contributed by atoms with Crippen LogP contribution >= 0.6 is 0 Å². The molecule has 0 aromatic carbocycles. The second kappa shape index (κ2) is 9.94. The lowest BCUT2D eigenvalue weighted by atomic mass is 10.4. The Morgan fingerprint density at radius 1 is 1.33 bits per heavy atom. The average molecular weight is 234 g/mol. The highest BCUT2D eigenvalue weighted by atomic mass is 28.2. The van der Waals surface area contributed by atoms with Crippen LogP contribution in [0.2, 0.25) is 12.6 Å². The molecule has 0 rings (SSSR count). The van der Waals surface area contributed by atoms with Gasteiger partial charge in [0.15, 0.2) is 0 Å². The molecule has 0 aromatic rings. The van der Waals surface area contributed by atoms with Crippen LogP contribution in [0.4, 0.5) is 4.79 Å². The van der Waals surface area contributed by atoms with Gasteiger partial charge in [-0.2, -0.15) is 0 Å². The predicted octanol–water partition coefficient (Wildman–Crippen LogP) is -0.992. The Labute approximate surface area is 93.3 Å². The van der Waals surface area contributed by atoms with Crippen LogP contribution in [0, 0.1) is 0 Å². The third-order valence-corrected chi connectivity index (χ3v) is 3.29. The molecule has 90 valence electrons. The van der Waals surface area contributed by atoms with E-state index in [2.05, 4.69) is 11.9 Å². The highest BCUT2D eigenvalue weighted by Gasteiger charge is 2.10. The Balaban J connectivity index is 3.70. The molecule has 0 saturated carbocycles.